The molecule has 1 aromatic carbocycles. The number of hydrogen-bond acceptors (Lipinski definition) is 3. The van der Waals surface area contributed by atoms with Crippen molar-refractivity contribution in [1.82, 2.24) is 4.72 Å². The van der Waals surface area contributed by atoms with Crippen molar-refractivity contribution in [1.29, 1.82) is 0 Å². The largest absolute Gasteiger partial charge is 0.393 e. The first-order valence-corrected chi connectivity index (χ1v) is 9.92. The Morgan fingerprint density at radius 3 is 2.43 bits per heavy atom. The average Bonchev–Trinajstić information content (AvgIpc) is 2.83. The number of aliphatic hydroxyl groups excluding tert-OH is 1. The molecule has 4 unspecified atom stereocenters. The second-order valence-electron chi connectivity index (χ2n) is 7.78. The van der Waals surface area contributed by atoms with E-state index in [0.717, 1.165) is 31.2 Å². The third-order valence-corrected chi connectivity index (χ3v) is 8.21. The van der Waals surface area contributed by atoms with Crippen LogP contribution >= 0.6 is 0 Å². The molecule has 0 spiro atoms. The summed E-state index contributed by atoms with van der Waals surface area (Å²) >= 11 is 0. The second-order valence-corrected chi connectivity index (χ2v) is 9.55. The predicted octanol–water partition coefficient (Wildman–Crippen LogP) is 2.85. The van der Waals surface area contributed by atoms with Gasteiger partial charge >= 0.3 is 0 Å². The molecule has 3 rings (SSSR count). The average molecular weight is 337 g/mol. The monoisotopic (exact) mass is 337 g/mol. The molecule has 0 heterocycles. The quantitative estimate of drug-likeness (QED) is 0.868. The van der Waals surface area contributed by atoms with Crippen LogP contribution in [0.15, 0.2) is 29.2 Å². The summed E-state index contributed by atoms with van der Waals surface area (Å²) < 4.78 is 27.5. The van der Waals surface area contributed by atoms with E-state index in [4.69, 9.17) is 0 Å². The van der Waals surface area contributed by atoms with Gasteiger partial charge in [-0.2, -0.15) is 0 Å². The van der Waals surface area contributed by atoms with Gasteiger partial charge in [0.1, 0.15) is 0 Å². The molecule has 0 aliphatic heterocycles. The van der Waals surface area contributed by atoms with Gasteiger partial charge in [-0.15, -0.1) is 0 Å². The van der Waals surface area contributed by atoms with E-state index in [1.807, 2.05) is 19.1 Å². The van der Waals surface area contributed by atoms with Crippen molar-refractivity contribution in [3.05, 3.63) is 29.8 Å². The molecule has 5 heteroatoms. The number of aliphatic hydroxyl groups is 1. The van der Waals surface area contributed by atoms with E-state index in [9.17, 15) is 13.5 Å². The standard InChI is InChI=1S/C18H27NO3S/c1-13-4-6-15(7-5-13)23(21,22)19-11-10-17(2)14-8-9-18(17,3)16(20)12-14/h4-7,14,16,19-20H,8-12H2,1-3H3. The van der Waals surface area contributed by atoms with Gasteiger partial charge in [0.15, 0.2) is 0 Å². The molecule has 2 bridgehead atoms. The SMILES string of the molecule is Cc1ccc(S(=O)(=O)NCCC2(C)C3CCC2(C)C(O)C3)cc1. The van der Waals surface area contributed by atoms with Gasteiger partial charge in [-0.3, -0.25) is 0 Å². The molecule has 128 valence electrons. The molecule has 0 radical (unpaired) electrons. The lowest BCUT2D eigenvalue weighted by Gasteiger charge is -2.40. The fourth-order valence-corrected chi connectivity index (χ4v) is 5.77. The zero-order valence-electron chi connectivity index (χ0n) is 14.2. The zero-order valence-corrected chi connectivity index (χ0v) is 15.0. The van der Waals surface area contributed by atoms with Crippen LogP contribution in [0.25, 0.3) is 0 Å². The van der Waals surface area contributed by atoms with E-state index in [0.29, 0.717) is 17.4 Å². The Labute approximate surface area is 139 Å². The molecule has 2 aliphatic rings. The Morgan fingerprint density at radius 1 is 1.26 bits per heavy atom. The summed E-state index contributed by atoms with van der Waals surface area (Å²) in [5, 5.41) is 10.3. The Balaban J connectivity index is 1.67. The summed E-state index contributed by atoms with van der Waals surface area (Å²) in [5.74, 6) is 0.506. The van der Waals surface area contributed by atoms with Crippen molar-refractivity contribution in [2.24, 2.45) is 16.7 Å². The highest BCUT2D eigenvalue weighted by molar-refractivity contribution is 7.89. The molecule has 23 heavy (non-hydrogen) atoms. The lowest BCUT2D eigenvalue weighted by Crippen LogP contribution is -2.40. The summed E-state index contributed by atoms with van der Waals surface area (Å²) in [5.41, 5.74) is 0.982. The molecular formula is C18H27NO3S. The highest BCUT2D eigenvalue weighted by Gasteiger charge is 2.62. The highest BCUT2D eigenvalue weighted by atomic mass is 32.2. The first-order valence-electron chi connectivity index (χ1n) is 8.43. The van der Waals surface area contributed by atoms with Gasteiger partial charge in [0.25, 0.3) is 0 Å². The van der Waals surface area contributed by atoms with E-state index >= 15 is 0 Å². The Hall–Kier alpha value is -0.910. The van der Waals surface area contributed by atoms with Crippen LogP contribution in [0.1, 0.15) is 45.1 Å². The minimum Gasteiger partial charge on any atom is -0.393 e. The Kier molecular flexibility index (Phi) is 4.10. The van der Waals surface area contributed by atoms with Crippen LogP contribution in [0.2, 0.25) is 0 Å². The maximum atomic E-state index is 12.4. The summed E-state index contributed by atoms with van der Waals surface area (Å²) in [6, 6.07) is 6.91. The van der Waals surface area contributed by atoms with Gasteiger partial charge < -0.3 is 5.11 Å². The van der Waals surface area contributed by atoms with E-state index in [-0.39, 0.29) is 16.9 Å². The molecular weight excluding hydrogens is 310 g/mol. The molecule has 2 saturated carbocycles. The van der Waals surface area contributed by atoms with Crippen LogP contribution in [-0.2, 0) is 10.0 Å². The van der Waals surface area contributed by atoms with Crippen LogP contribution in [0.3, 0.4) is 0 Å². The van der Waals surface area contributed by atoms with Gasteiger partial charge in [0, 0.05) is 6.54 Å². The summed E-state index contributed by atoms with van der Waals surface area (Å²) in [4.78, 5) is 0.314. The summed E-state index contributed by atoms with van der Waals surface area (Å²) in [7, 11) is -3.46. The van der Waals surface area contributed by atoms with Crippen LogP contribution in [0.5, 0.6) is 0 Å². The number of hydrogen-bond donors (Lipinski definition) is 2. The number of fused-ring (bicyclic) bond motifs is 2. The van der Waals surface area contributed by atoms with Crippen molar-refractivity contribution in [2.45, 2.75) is 57.5 Å². The topological polar surface area (TPSA) is 66.4 Å². The number of aryl methyl sites for hydroxylation is 1. The van der Waals surface area contributed by atoms with Gasteiger partial charge in [-0.25, -0.2) is 13.1 Å². The van der Waals surface area contributed by atoms with Crippen molar-refractivity contribution in [3.63, 3.8) is 0 Å². The first kappa shape index (κ1) is 16.9. The lowest BCUT2D eigenvalue weighted by molar-refractivity contribution is 0.00233. The Bertz CT molecular complexity index is 685. The van der Waals surface area contributed by atoms with Crippen molar-refractivity contribution >= 4 is 10.0 Å². The van der Waals surface area contributed by atoms with E-state index in [2.05, 4.69) is 18.6 Å². The van der Waals surface area contributed by atoms with Gasteiger partial charge in [0.05, 0.1) is 11.0 Å². The fraction of sp³-hybridized carbons (Fsp3) is 0.667. The summed E-state index contributed by atoms with van der Waals surface area (Å²) in [6.07, 6.45) is 3.57. The van der Waals surface area contributed by atoms with Crippen LogP contribution < -0.4 is 4.72 Å². The third kappa shape index (κ3) is 2.63. The molecule has 2 fully saturated rings. The van der Waals surface area contributed by atoms with E-state index in [1.54, 1.807) is 12.1 Å². The molecule has 2 N–H and O–H groups in total. The zero-order chi connectivity index (χ0) is 16.9. The second kappa shape index (κ2) is 5.57. The summed E-state index contributed by atoms with van der Waals surface area (Å²) in [6.45, 7) is 6.75. The first-order chi connectivity index (χ1) is 10.7. The van der Waals surface area contributed by atoms with Crippen molar-refractivity contribution < 1.29 is 13.5 Å². The maximum absolute atomic E-state index is 12.4. The van der Waals surface area contributed by atoms with Crippen molar-refractivity contribution in [2.75, 3.05) is 6.54 Å². The normalized spacial score (nSPS) is 36.5. The van der Waals surface area contributed by atoms with E-state index < -0.39 is 10.0 Å². The van der Waals surface area contributed by atoms with Gasteiger partial charge in [-0.05, 0) is 61.5 Å². The van der Waals surface area contributed by atoms with Gasteiger partial charge in [-0.1, -0.05) is 31.5 Å². The molecule has 4 nitrogen and oxygen atoms in total. The minimum atomic E-state index is -3.46. The van der Waals surface area contributed by atoms with E-state index in [1.165, 1.54) is 0 Å². The molecule has 2 aliphatic carbocycles. The van der Waals surface area contributed by atoms with Gasteiger partial charge in [0.2, 0.25) is 10.0 Å². The molecule has 0 amide bonds. The number of benzene rings is 1. The van der Waals surface area contributed by atoms with Crippen LogP contribution in [0.4, 0.5) is 0 Å². The molecule has 1 aromatic rings. The maximum Gasteiger partial charge on any atom is 0.240 e. The minimum absolute atomic E-state index is 0.0161. The smallest absolute Gasteiger partial charge is 0.240 e. The number of nitrogens with one attached hydrogen (secondary N) is 1. The number of rotatable bonds is 5. The third-order valence-electron chi connectivity index (χ3n) is 6.73. The number of sulfonamides is 1. The lowest BCUT2D eigenvalue weighted by atomic mass is 9.66. The van der Waals surface area contributed by atoms with Crippen molar-refractivity contribution in [3.8, 4) is 0 Å². The van der Waals surface area contributed by atoms with Crippen LogP contribution in [0, 0.1) is 23.7 Å². The highest BCUT2D eigenvalue weighted by Crippen LogP contribution is 2.66. The molecule has 0 aromatic heterocycles. The fourth-order valence-electron chi connectivity index (χ4n) is 4.73. The predicted molar refractivity (Wildman–Crippen MR) is 90.5 cm³/mol. The molecule has 4 atom stereocenters. The van der Waals surface area contributed by atoms with Crippen LogP contribution in [-0.4, -0.2) is 26.2 Å². The molecule has 0 saturated heterocycles. The Morgan fingerprint density at radius 2 is 1.91 bits per heavy atom.